The maximum absolute atomic E-state index is 14.0. The molecule has 1 aliphatic rings. The molecule has 1 aromatic heterocycles. The number of alkyl halides is 3. The van der Waals surface area contributed by atoms with Gasteiger partial charge in [-0.1, -0.05) is 54.6 Å². The molecule has 35 heavy (non-hydrogen) atoms. The molecule has 0 saturated carbocycles. The van der Waals surface area contributed by atoms with Crippen LogP contribution in [0, 0.1) is 0 Å². The summed E-state index contributed by atoms with van der Waals surface area (Å²) in [5, 5.41) is 9.27. The Morgan fingerprint density at radius 1 is 0.971 bits per heavy atom. The summed E-state index contributed by atoms with van der Waals surface area (Å²) in [5.41, 5.74) is 9.66. The number of benzene rings is 2. The van der Waals surface area contributed by atoms with Crippen LogP contribution in [0.4, 0.5) is 13.2 Å². The second-order valence-corrected chi connectivity index (χ2v) is 8.68. The monoisotopic (exact) mass is 481 g/mol. The van der Waals surface area contributed by atoms with E-state index in [0.29, 0.717) is 43.0 Å². The highest BCUT2D eigenvalue weighted by atomic mass is 19.4. The van der Waals surface area contributed by atoms with Gasteiger partial charge in [-0.05, 0) is 54.0 Å². The van der Waals surface area contributed by atoms with Crippen molar-refractivity contribution < 1.29 is 18.3 Å². The smallest absolute Gasteiger partial charge is 0.396 e. The topological polar surface area (TPSA) is 64.1 Å². The Morgan fingerprint density at radius 2 is 1.74 bits per heavy atom. The van der Waals surface area contributed by atoms with Crippen LogP contribution in [-0.4, -0.2) is 27.8 Å². The van der Waals surface area contributed by atoms with E-state index in [1.54, 1.807) is 22.9 Å². The summed E-state index contributed by atoms with van der Waals surface area (Å²) < 4.78 is 43.8. The van der Waals surface area contributed by atoms with Crippen molar-refractivity contribution in [2.45, 2.75) is 44.8 Å². The average molecular weight is 482 g/mol. The van der Waals surface area contributed by atoms with Crippen molar-refractivity contribution in [1.82, 2.24) is 9.55 Å². The molecule has 0 saturated heterocycles. The third-order valence-electron chi connectivity index (χ3n) is 6.30. The highest BCUT2D eigenvalue weighted by Gasteiger charge is 2.33. The number of allylic oxidation sites excluding steroid dienone is 4. The van der Waals surface area contributed by atoms with Crippen molar-refractivity contribution in [3.8, 4) is 11.3 Å². The van der Waals surface area contributed by atoms with Gasteiger partial charge in [0.15, 0.2) is 0 Å². The lowest BCUT2D eigenvalue weighted by atomic mass is 9.95. The van der Waals surface area contributed by atoms with Gasteiger partial charge < -0.3 is 15.4 Å². The van der Waals surface area contributed by atoms with Gasteiger partial charge in [0.05, 0.1) is 24.1 Å². The van der Waals surface area contributed by atoms with Crippen LogP contribution in [0.5, 0.6) is 0 Å². The number of hydrogen-bond acceptors (Lipinski definition) is 3. The Balaban J connectivity index is 1.56. The van der Waals surface area contributed by atoms with Crippen molar-refractivity contribution in [3.63, 3.8) is 0 Å². The Labute approximate surface area is 203 Å². The van der Waals surface area contributed by atoms with Crippen molar-refractivity contribution in [1.29, 1.82) is 0 Å². The summed E-state index contributed by atoms with van der Waals surface area (Å²) in [4.78, 5) is 4.29. The lowest BCUT2D eigenvalue weighted by Crippen LogP contribution is -2.15. The summed E-state index contributed by atoms with van der Waals surface area (Å²) >= 11 is 0. The van der Waals surface area contributed by atoms with Crippen LogP contribution < -0.4 is 5.73 Å². The summed E-state index contributed by atoms with van der Waals surface area (Å²) in [7, 11) is 0. The first-order valence-corrected chi connectivity index (χ1v) is 11.9. The van der Waals surface area contributed by atoms with E-state index in [1.807, 2.05) is 24.3 Å². The van der Waals surface area contributed by atoms with Crippen LogP contribution in [0.1, 0.15) is 40.9 Å². The maximum atomic E-state index is 14.0. The summed E-state index contributed by atoms with van der Waals surface area (Å²) in [6.07, 6.45) is 6.76. The molecule has 0 fully saturated rings. The molecule has 4 rings (SSSR count). The molecule has 0 bridgehead atoms. The minimum absolute atomic E-state index is 0.0942. The van der Waals surface area contributed by atoms with Crippen molar-refractivity contribution in [2.75, 3.05) is 13.2 Å². The van der Waals surface area contributed by atoms with Crippen molar-refractivity contribution in [3.05, 3.63) is 95.0 Å². The summed E-state index contributed by atoms with van der Waals surface area (Å²) in [6, 6.07) is 12.5. The molecular formula is C28H30F3N3O. The van der Waals surface area contributed by atoms with Crippen molar-refractivity contribution in [2.24, 2.45) is 5.73 Å². The zero-order valence-electron chi connectivity index (χ0n) is 19.6. The zero-order valence-corrected chi connectivity index (χ0v) is 19.6. The van der Waals surface area contributed by atoms with E-state index in [4.69, 9.17) is 5.73 Å². The maximum Gasteiger partial charge on any atom is 0.416 e. The molecule has 0 spiro atoms. The zero-order chi connectivity index (χ0) is 24.8. The first-order chi connectivity index (χ1) is 16.9. The molecule has 0 radical (unpaired) electrons. The molecule has 3 N–H and O–H groups in total. The van der Waals surface area contributed by atoms with Gasteiger partial charge in [-0.3, -0.25) is 0 Å². The van der Waals surface area contributed by atoms with Crippen molar-refractivity contribution >= 4 is 5.57 Å². The molecular weight excluding hydrogens is 451 g/mol. The number of imidazole rings is 1. The fourth-order valence-corrected chi connectivity index (χ4v) is 4.51. The Kier molecular flexibility index (Phi) is 7.88. The molecule has 0 unspecified atom stereocenters. The van der Waals surface area contributed by atoms with Gasteiger partial charge in [-0.25, -0.2) is 4.98 Å². The number of aliphatic hydroxyl groups excluding tert-OH is 1. The fourth-order valence-electron chi connectivity index (χ4n) is 4.51. The first kappa shape index (κ1) is 24.9. The number of nitrogens with two attached hydrogens (primary N) is 1. The van der Waals surface area contributed by atoms with E-state index >= 15 is 0 Å². The quantitative estimate of drug-likeness (QED) is 0.419. The highest BCUT2D eigenvalue weighted by molar-refractivity contribution is 5.74. The third-order valence-corrected chi connectivity index (χ3v) is 6.30. The van der Waals surface area contributed by atoms with Gasteiger partial charge in [0.1, 0.15) is 5.82 Å². The number of nitrogens with zero attached hydrogens (tertiary/aromatic N) is 2. The second-order valence-electron chi connectivity index (χ2n) is 8.68. The highest BCUT2D eigenvalue weighted by Crippen LogP contribution is 2.36. The van der Waals surface area contributed by atoms with Crippen LogP contribution in [0.25, 0.3) is 16.8 Å². The number of aromatic nitrogens is 2. The normalized spacial score (nSPS) is 13.8. The van der Waals surface area contributed by atoms with E-state index in [0.717, 1.165) is 24.0 Å². The Hall–Kier alpha value is -3.16. The van der Waals surface area contributed by atoms with Gasteiger partial charge >= 0.3 is 6.18 Å². The van der Waals surface area contributed by atoms with E-state index in [2.05, 4.69) is 23.2 Å². The van der Waals surface area contributed by atoms with Crippen LogP contribution >= 0.6 is 0 Å². The molecule has 2 aromatic carbocycles. The molecule has 0 aliphatic heterocycles. The average Bonchev–Trinajstić information content (AvgIpc) is 3.25. The van der Waals surface area contributed by atoms with Gasteiger partial charge in [-0.2, -0.15) is 13.2 Å². The fraction of sp³-hybridized carbons (Fsp3) is 0.321. The van der Waals surface area contributed by atoms with E-state index in [9.17, 15) is 18.3 Å². The molecule has 0 amide bonds. The number of aryl methyl sites for hydroxylation is 2. The molecule has 7 heteroatoms. The molecule has 1 heterocycles. The van der Waals surface area contributed by atoms with Gasteiger partial charge in [-0.15, -0.1) is 0 Å². The summed E-state index contributed by atoms with van der Waals surface area (Å²) in [6.45, 7) is 0.637. The van der Waals surface area contributed by atoms with E-state index < -0.39 is 11.7 Å². The Morgan fingerprint density at radius 3 is 2.40 bits per heavy atom. The third kappa shape index (κ3) is 5.92. The number of rotatable bonds is 9. The molecule has 4 nitrogen and oxygen atoms in total. The van der Waals surface area contributed by atoms with Crippen LogP contribution in [0.2, 0.25) is 0 Å². The van der Waals surface area contributed by atoms with Crippen LogP contribution in [0.3, 0.4) is 0 Å². The first-order valence-electron chi connectivity index (χ1n) is 11.9. The Bertz CT molecular complexity index is 1210. The minimum atomic E-state index is -4.47. The number of aliphatic hydroxyl groups is 1. The predicted molar refractivity (Wildman–Crippen MR) is 133 cm³/mol. The molecule has 0 atom stereocenters. The molecule has 1 aliphatic carbocycles. The summed E-state index contributed by atoms with van der Waals surface area (Å²) in [5.74, 6) is 0.605. The number of halogens is 3. The van der Waals surface area contributed by atoms with Crippen LogP contribution in [0.15, 0.2) is 66.9 Å². The largest absolute Gasteiger partial charge is 0.416 e. The van der Waals surface area contributed by atoms with Crippen LogP contribution in [-0.2, 0) is 32.0 Å². The predicted octanol–water partition coefficient (Wildman–Crippen LogP) is 5.58. The SMILES string of the molecule is NCCn1c(-c2ccc(CCc3ccc(C4=CCCC=C4)cc3)c(C(F)(F)F)c2)cnc1CCO. The minimum Gasteiger partial charge on any atom is -0.396 e. The standard InChI is InChI=1S/C28H30F3N3O/c29-28(30,31)25-18-24(26-19-33-27(14-17-35)34(26)16-15-32)13-12-23(25)11-8-20-6-9-22(10-7-20)21-4-2-1-3-5-21/h2,4-7,9-10,12-13,18-19,35H,1,3,8,11,14-17,32H2. The lowest BCUT2D eigenvalue weighted by Gasteiger charge is -2.16. The second kappa shape index (κ2) is 11.1. The molecule has 184 valence electrons. The van der Waals surface area contributed by atoms with Gasteiger partial charge in [0.2, 0.25) is 0 Å². The van der Waals surface area contributed by atoms with Gasteiger partial charge in [0.25, 0.3) is 0 Å². The number of hydrogen-bond donors (Lipinski definition) is 2. The lowest BCUT2D eigenvalue weighted by molar-refractivity contribution is -0.138. The molecule has 3 aromatic rings. The van der Waals surface area contributed by atoms with E-state index in [-0.39, 0.29) is 18.6 Å². The van der Waals surface area contributed by atoms with Gasteiger partial charge in [0, 0.05) is 25.1 Å². The van der Waals surface area contributed by atoms with E-state index in [1.165, 1.54) is 11.6 Å².